The number of aromatic nitrogens is 2. The van der Waals surface area contributed by atoms with Crippen LogP contribution in [0.3, 0.4) is 0 Å². The summed E-state index contributed by atoms with van der Waals surface area (Å²) in [6, 6.07) is 1.61. The average molecular weight is 188 g/mol. The minimum atomic E-state index is -0.181. The second-order valence-corrected chi connectivity index (χ2v) is 3.21. The Bertz CT molecular complexity index is 245. The normalized spacial score (nSPS) is 12.5. The van der Waals surface area contributed by atoms with Gasteiger partial charge in [-0.25, -0.2) is 0 Å². The van der Waals surface area contributed by atoms with Gasteiger partial charge in [-0.2, -0.15) is 5.10 Å². The third kappa shape index (κ3) is 2.54. The third-order valence-electron chi connectivity index (χ3n) is 1.29. The fourth-order valence-electron chi connectivity index (χ4n) is 0.711. The van der Waals surface area contributed by atoms with E-state index in [0.29, 0.717) is 12.2 Å². The van der Waals surface area contributed by atoms with Crippen molar-refractivity contribution in [3.05, 3.63) is 18.0 Å². The minimum absolute atomic E-state index is 0.0585. The fourth-order valence-corrected chi connectivity index (χ4v) is 0.788. The SMILES string of the molecule is CC(Cl)CNC(=O)c1ccn[nH]1. The molecule has 0 aliphatic heterocycles. The summed E-state index contributed by atoms with van der Waals surface area (Å²) in [5.41, 5.74) is 0.451. The highest BCUT2D eigenvalue weighted by Gasteiger charge is 2.06. The molecule has 1 heterocycles. The predicted octanol–water partition coefficient (Wildman–Crippen LogP) is 0.767. The van der Waals surface area contributed by atoms with Crippen LogP contribution in [-0.4, -0.2) is 28.0 Å². The number of aromatic amines is 1. The van der Waals surface area contributed by atoms with Gasteiger partial charge >= 0.3 is 0 Å². The van der Waals surface area contributed by atoms with Crippen LogP contribution in [0.2, 0.25) is 0 Å². The zero-order valence-corrected chi connectivity index (χ0v) is 7.43. The van der Waals surface area contributed by atoms with Gasteiger partial charge in [0.15, 0.2) is 0 Å². The van der Waals surface area contributed by atoms with Crippen molar-refractivity contribution in [3.8, 4) is 0 Å². The smallest absolute Gasteiger partial charge is 0.269 e. The van der Waals surface area contributed by atoms with Gasteiger partial charge in [-0.1, -0.05) is 0 Å². The highest BCUT2D eigenvalue weighted by atomic mass is 35.5. The number of halogens is 1. The average Bonchev–Trinajstić information content (AvgIpc) is 2.51. The Morgan fingerprint density at radius 1 is 1.92 bits per heavy atom. The fraction of sp³-hybridized carbons (Fsp3) is 0.429. The maximum Gasteiger partial charge on any atom is 0.269 e. The second kappa shape index (κ2) is 4.11. The third-order valence-corrected chi connectivity index (χ3v) is 1.44. The second-order valence-electron chi connectivity index (χ2n) is 2.46. The standard InChI is InChI=1S/C7H10ClN3O/c1-5(8)4-9-7(12)6-2-3-10-11-6/h2-3,5H,4H2,1H3,(H,9,12)(H,10,11). The van der Waals surface area contributed by atoms with Crippen LogP contribution in [0.4, 0.5) is 0 Å². The molecule has 0 saturated heterocycles. The lowest BCUT2D eigenvalue weighted by atomic mass is 10.4. The Labute approximate surface area is 75.3 Å². The van der Waals surface area contributed by atoms with Crippen LogP contribution >= 0.6 is 11.6 Å². The summed E-state index contributed by atoms with van der Waals surface area (Å²) in [4.78, 5) is 11.2. The van der Waals surface area contributed by atoms with Crippen LogP contribution in [0.5, 0.6) is 0 Å². The molecule has 12 heavy (non-hydrogen) atoms. The molecule has 5 heteroatoms. The molecular formula is C7H10ClN3O. The largest absolute Gasteiger partial charge is 0.349 e. The molecule has 0 bridgehead atoms. The van der Waals surface area contributed by atoms with Crippen molar-refractivity contribution < 1.29 is 4.79 Å². The Morgan fingerprint density at radius 3 is 3.17 bits per heavy atom. The molecule has 0 spiro atoms. The first-order valence-corrected chi connectivity index (χ1v) is 4.05. The molecule has 66 valence electrons. The number of carbonyl (C=O) groups excluding carboxylic acids is 1. The van der Waals surface area contributed by atoms with Crippen molar-refractivity contribution >= 4 is 17.5 Å². The number of rotatable bonds is 3. The van der Waals surface area contributed by atoms with E-state index in [1.807, 2.05) is 6.92 Å². The zero-order chi connectivity index (χ0) is 8.97. The van der Waals surface area contributed by atoms with Crippen LogP contribution in [-0.2, 0) is 0 Å². The molecule has 1 unspecified atom stereocenters. The van der Waals surface area contributed by atoms with Crippen LogP contribution in [0, 0.1) is 0 Å². The van der Waals surface area contributed by atoms with Crippen LogP contribution in [0.25, 0.3) is 0 Å². The van der Waals surface area contributed by atoms with Crippen LogP contribution in [0.15, 0.2) is 12.3 Å². The summed E-state index contributed by atoms with van der Waals surface area (Å²) in [6.07, 6.45) is 1.53. The number of amides is 1. The summed E-state index contributed by atoms with van der Waals surface area (Å²) < 4.78 is 0. The molecule has 1 atom stereocenters. The van der Waals surface area contributed by atoms with Gasteiger partial charge in [-0.3, -0.25) is 9.89 Å². The van der Waals surface area contributed by atoms with Gasteiger partial charge < -0.3 is 5.32 Å². The maximum absolute atomic E-state index is 11.2. The van der Waals surface area contributed by atoms with Crippen molar-refractivity contribution in [2.24, 2.45) is 0 Å². The molecule has 0 aliphatic carbocycles. The summed E-state index contributed by atoms with van der Waals surface area (Å²) in [6.45, 7) is 2.27. The summed E-state index contributed by atoms with van der Waals surface area (Å²) in [7, 11) is 0. The lowest BCUT2D eigenvalue weighted by Crippen LogP contribution is -2.28. The highest BCUT2D eigenvalue weighted by Crippen LogP contribution is 1.93. The van der Waals surface area contributed by atoms with Crippen LogP contribution < -0.4 is 5.32 Å². The first kappa shape index (κ1) is 9.06. The highest BCUT2D eigenvalue weighted by molar-refractivity contribution is 6.20. The molecule has 4 nitrogen and oxygen atoms in total. The van der Waals surface area contributed by atoms with E-state index in [4.69, 9.17) is 11.6 Å². The van der Waals surface area contributed by atoms with Crippen molar-refractivity contribution in [2.75, 3.05) is 6.54 Å². The number of nitrogens with zero attached hydrogens (tertiary/aromatic N) is 1. The van der Waals surface area contributed by atoms with Gasteiger partial charge in [0.1, 0.15) is 5.69 Å². The van der Waals surface area contributed by atoms with Gasteiger partial charge in [0.25, 0.3) is 5.91 Å². The van der Waals surface area contributed by atoms with Gasteiger partial charge in [0.2, 0.25) is 0 Å². The van der Waals surface area contributed by atoms with Gasteiger partial charge in [0, 0.05) is 18.1 Å². The molecule has 2 N–H and O–H groups in total. The first-order valence-electron chi connectivity index (χ1n) is 3.62. The van der Waals surface area contributed by atoms with Crippen molar-refractivity contribution in [1.82, 2.24) is 15.5 Å². The minimum Gasteiger partial charge on any atom is -0.349 e. The van der Waals surface area contributed by atoms with E-state index >= 15 is 0 Å². The summed E-state index contributed by atoms with van der Waals surface area (Å²) in [5.74, 6) is -0.181. The first-order chi connectivity index (χ1) is 5.70. The maximum atomic E-state index is 11.2. The van der Waals surface area contributed by atoms with Gasteiger partial charge in [-0.15, -0.1) is 11.6 Å². The molecule has 1 aromatic rings. The van der Waals surface area contributed by atoms with Crippen LogP contribution in [0.1, 0.15) is 17.4 Å². The summed E-state index contributed by atoms with van der Waals surface area (Å²) >= 11 is 5.64. The Morgan fingerprint density at radius 2 is 2.67 bits per heavy atom. The van der Waals surface area contributed by atoms with E-state index in [9.17, 15) is 4.79 Å². The molecule has 0 aromatic carbocycles. The monoisotopic (exact) mass is 187 g/mol. The van der Waals surface area contributed by atoms with Gasteiger partial charge in [-0.05, 0) is 13.0 Å². The van der Waals surface area contributed by atoms with E-state index in [2.05, 4.69) is 15.5 Å². The van der Waals surface area contributed by atoms with Crippen molar-refractivity contribution in [3.63, 3.8) is 0 Å². The van der Waals surface area contributed by atoms with E-state index in [-0.39, 0.29) is 11.3 Å². The van der Waals surface area contributed by atoms with E-state index in [0.717, 1.165) is 0 Å². The van der Waals surface area contributed by atoms with E-state index < -0.39 is 0 Å². The molecule has 1 amide bonds. The zero-order valence-electron chi connectivity index (χ0n) is 6.67. The van der Waals surface area contributed by atoms with E-state index in [1.54, 1.807) is 6.07 Å². The number of nitrogens with one attached hydrogen (secondary N) is 2. The molecule has 1 rings (SSSR count). The Hall–Kier alpha value is -1.03. The number of H-pyrrole nitrogens is 1. The number of hydrogen-bond donors (Lipinski definition) is 2. The molecule has 1 aromatic heterocycles. The number of alkyl halides is 1. The van der Waals surface area contributed by atoms with Crippen molar-refractivity contribution in [2.45, 2.75) is 12.3 Å². The predicted molar refractivity (Wildman–Crippen MR) is 46.2 cm³/mol. The molecule has 0 fully saturated rings. The van der Waals surface area contributed by atoms with Crippen molar-refractivity contribution in [1.29, 1.82) is 0 Å². The Balaban J connectivity index is 2.40. The summed E-state index contributed by atoms with van der Waals surface area (Å²) in [5, 5.41) is 8.79. The number of hydrogen-bond acceptors (Lipinski definition) is 2. The lowest BCUT2D eigenvalue weighted by molar-refractivity contribution is 0.0949. The molecule has 0 saturated carbocycles. The molecule has 0 radical (unpaired) electrons. The van der Waals surface area contributed by atoms with Gasteiger partial charge in [0.05, 0.1) is 0 Å². The number of carbonyl (C=O) groups is 1. The Kier molecular flexibility index (Phi) is 3.10. The lowest BCUT2D eigenvalue weighted by Gasteiger charge is -2.03. The topological polar surface area (TPSA) is 57.8 Å². The quantitative estimate of drug-likeness (QED) is 0.687. The van der Waals surface area contributed by atoms with E-state index in [1.165, 1.54) is 6.20 Å². The molecular weight excluding hydrogens is 178 g/mol. The molecule has 0 aliphatic rings.